The molecule has 3 nitrogen and oxygen atoms in total. The van der Waals surface area contributed by atoms with Crippen molar-refractivity contribution in [2.24, 2.45) is 0 Å². The number of hydrogen-bond donors (Lipinski definition) is 0. The van der Waals surface area contributed by atoms with Crippen molar-refractivity contribution >= 4 is 50.0 Å². The normalized spacial score (nSPS) is 12.3. The molecule has 2 aromatic heterocycles. The molecule has 6 heteroatoms. The van der Waals surface area contributed by atoms with Crippen molar-refractivity contribution in [1.29, 1.82) is 5.26 Å². The van der Waals surface area contributed by atoms with E-state index in [1.165, 1.54) is 0 Å². The molecule has 1 atom stereocenters. The van der Waals surface area contributed by atoms with Crippen LogP contribution in [-0.4, -0.2) is 9.97 Å². The molecule has 2 heterocycles. The van der Waals surface area contributed by atoms with Gasteiger partial charge in [-0.3, -0.25) is 4.98 Å². The number of aromatic nitrogens is 2. The van der Waals surface area contributed by atoms with Gasteiger partial charge in [0.25, 0.3) is 0 Å². The minimum atomic E-state index is 0.112. The first kappa shape index (κ1) is 15.5. The predicted molar refractivity (Wildman–Crippen MR) is 85.5 cm³/mol. The zero-order chi connectivity index (χ0) is 14.7. The maximum atomic E-state index is 9.07. The second-order valence-corrected chi connectivity index (χ2v) is 6.28. The minimum Gasteiger partial charge on any atom is -0.258 e. The number of hydrogen-bond acceptors (Lipinski definition) is 3. The highest BCUT2D eigenvalue weighted by Crippen LogP contribution is 2.33. The van der Waals surface area contributed by atoms with Gasteiger partial charge in [-0.15, -0.1) is 0 Å². The lowest BCUT2D eigenvalue weighted by molar-refractivity contribution is 0.703. The van der Waals surface area contributed by atoms with Crippen molar-refractivity contribution in [3.05, 3.63) is 33.7 Å². The molecule has 0 aliphatic rings. The van der Waals surface area contributed by atoms with E-state index in [-0.39, 0.29) is 15.5 Å². The van der Waals surface area contributed by atoms with Gasteiger partial charge in [-0.25, -0.2) is 4.98 Å². The highest BCUT2D eigenvalue weighted by Gasteiger charge is 2.15. The van der Waals surface area contributed by atoms with E-state index in [0.29, 0.717) is 15.9 Å². The van der Waals surface area contributed by atoms with Crippen LogP contribution in [0.1, 0.15) is 42.3 Å². The van der Waals surface area contributed by atoms with Gasteiger partial charge in [-0.05, 0) is 12.5 Å². The van der Waals surface area contributed by atoms with E-state index in [2.05, 4.69) is 32.8 Å². The predicted octanol–water partition coefficient (Wildman–Crippen LogP) is 5.43. The maximum Gasteiger partial charge on any atom is 0.149 e. The highest BCUT2D eigenvalue weighted by molar-refractivity contribution is 9.09. The van der Waals surface area contributed by atoms with Crippen molar-refractivity contribution in [3.63, 3.8) is 0 Å². The zero-order valence-electron chi connectivity index (χ0n) is 10.8. The molecule has 0 aliphatic carbocycles. The Kier molecular flexibility index (Phi) is 5.20. The van der Waals surface area contributed by atoms with E-state index >= 15 is 0 Å². The molecule has 0 amide bonds. The summed E-state index contributed by atoms with van der Waals surface area (Å²) in [6, 6.07) is 3.85. The molecule has 20 heavy (non-hydrogen) atoms. The first-order valence-corrected chi connectivity index (χ1v) is 7.94. The molecule has 0 bridgehead atoms. The Morgan fingerprint density at radius 1 is 1.45 bits per heavy atom. The Hall–Kier alpha value is -0.890. The van der Waals surface area contributed by atoms with Crippen LogP contribution in [0.2, 0.25) is 10.2 Å². The molecule has 2 aromatic rings. The molecule has 0 spiro atoms. The summed E-state index contributed by atoms with van der Waals surface area (Å²) in [5.74, 6) is 0. The maximum absolute atomic E-state index is 9.07. The van der Waals surface area contributed by atoms with E-state index in [1.54, 1.807) is 6.20 Å². The summed E-state index contributed by atoms with van der Waals surface area (Å²) < 4.78 is 0. The average molecular weight is 373 g/mol. The van der Waals surface area contributed by atoms with Gasteiger partial charge >= 0.3 is 0 Å². The quantitative estimate of drug-likeness (QED) is 0.530. The zero-order valence-corrected chi connectivity index (χ0v) is 13.9. The van der Waals surface area contributed by atoms with Crippen LogP contribution in [0.3, 0.4) is 0 Å². The molecule has 0 saturated heterocycles. The van der Waals surface area contributed by atoms with E-state index in [1.807, 2.05) is 12.1 Å². The van der Waals surface area contributed by atoms with Crippen molar-refractivity contribution < 1.29 is 0 Å². The smallest absolute Gasteiger partial charge is 0.149 e. The van der Waals surface area contributed by atoms with Gasteiger partial charge in [0.1, 0.15) is 16.8 Å². The van der Waals surface area contributed by atoms with Crippen molar-refractivity contribution in [1.82, 2.24) is 9.97 Å². The van der Waals surface area contributed by atoms with Crippen molar-refractivity contribution in [2.75, 3.05) is 0 Å². The molecule has 104 valence electrons. The second kappa shape index (κ2) is 6.71. The molecule has 0 aliphatic heterocycles. The van der Waals surface area contributed by atoms with Gasteiger partial charge in [0.05, 0.1) is 27.3 Å². The van der Waals surface area contributed by atoms with Crippen LogP contribution in [-0.2, 0) is 0 Å². The summed E-state index contributed by atoms with van der Waals surface area (Å²) >= 11 is 15.8. The minimum absolute atomic E-state index is 0.112. The largest absolute Gasteiger partial charge is 0.258 e. The second-order valence-electron chi connectivity index (χ2n) is 4.44. The molecule has 1 unspecified atom stereocenters. The van der Waals surface area contributed by atoms with Gasteiger partial charge < -0.3 is 0 Å². The first-order valence-electron chi connectivity index (χ1n) is 6.27. The summed E-state index contributed by atoms with van der Waals surface area (Å²) in [6.45, 7) is 2.15. The average Bonchev–Trinajstić information content (AvgIpc) is 2.45. The molecule has 0 aromatic carbocycles. The number of pyridine rings is 2. The molecule has 0 radical (unpaired) electrons. The molecule has 0 fully saturated rings. The number of fused-ring (bicyclic) bond motifs is 1. The molecule has 0 N–H and O–H groups in total. The van der Waals surface area contributed by atoms with E-state index in [0.717, 1.165) is 25.0 Å². The van der Waals surface area contributed by atoms with Crippen molar-refractivity contribution in [3.8, 4) is 6.07 Å². The number of unbranched alkanes of at least 4 members (excludes halogenated alkanes) is 1. The topological polar surface area (TPSA) is 49.6 Å². The van der Waals surface area contributed by atoms with Crippen LogP contribution in [0.5, 0.6) is 0 Å². The fourth-order valence-electron chi connectivity index (χ4n) is 1.91. The lowest BCUT2D eigenvalue weighted by Gasteiger charge is -2.10. The lowest BCUT2D eigenvalue weighted by Crippen LogP contribution is -1.96. The fraction of sp³-hybridized carbons (Fsp3) is 0.357. The number of nitriles is 1. The van der Waals surface area contributed by atoms with Gasteiger partial charge in [0.15, 0.2) is 0 Å². The van der Waals surface area contributed by atoms with Crippen LogP contribution in [0.25, 0.3) is 10.9 Å². The van der Waals surface area contributed by atoms with Crippen LogP contribution < -0.4 is 0 Å². The summed E-state index contributed by atoms with van der Waals surface area (Å²) in [6.07, 6.45) is 4.89. The van der Waals surface area contributed by atoms with E-state index in [9.17, 15) is 0 Å². The van der Waals surface area contributed by atoms with Crippen LogP contribution in [0, 0.1) is 11.3 Å². The lowest BCUT2D eigenvalue weighted by atomic mass is 10.1. The number of alkyl halides is 1. The Labute approximate surface area is 136 Å². The summed E-state index contributed by atoms with van der Waals surface area (Å²) in [5.41, 5.74) is 1.69. The van der Waals surface area contributed by atoms with E-state index < -0.39 is 0 Å². The van der Waals surface area contributed by atoms with Gasteiger partial charge in [-0.1, -0.05) is 58.9 Å². The van der Waals surface area contributed by atoms with Gasteiger partial charge in [0.2, 0.25) is 0 Å². The molecular formula is C14H12BrCl2N3. The number of nitrogens with zero attached hydrogens (tertiary/aromatic N) is 3. The fourth-order valence-corrected chi connectivity index (χ4v) is 3.05. The van der Waals surface area contributed by atoms with Crippen LogP contribution in [0.4, 0.5) is 0 Å². The summed E-state index contributed by atoms with van der Waals surface area (Å²) in [5, 5.41) is 10.2. The third-order valence-electron chi connectivity index (χ3n) is 3.03. The summed E-state index contributed by atoms with van der Waals surface area (Å²) in [7, 11) is 0. The first-order chi connectivity index (χ1) is 9.58. The van der Waals surface area contributed by atoms with Crippen molar-refractivity contribution in [2.45, 2.75) is 31.0 Å². The monoisotopic (exact) mass is 371 g/mol. The Morgan fingerprint density at radius 3 is 2.85 bits per heavy atom. The molecule has 2 rings (SSSR count). The third kappa shape index (κ3) is 3.06. The van der Waals surface area contributed by atoms with Crippen LogP contribution in [0.15, 0.2) is 12.3 Å². The molecule has 0 saturated carbocycles. The Balaban J connectivity index is 2.51. The SMILES string of the molecule is CCCCC(Br)c1cc2c(Cl)c(C#N)c(Cl)nc2cn1. The van der Waals surface area contributed by atoms with Gasteiger partial charge in [0, 0.05) is 5.39 Å². The van der Waals surface area contributed by atoms with Crippen LogP contribution >= 0.6 is 39.1 Å². The van der Waals surface area contributed by atoms with E-state index in [4.69, 9.17) is 28.5 Å². The highest BCUT2D eigenvalue weighted by atomic mass is 79.9. The summed E-state index contributed by atoms with van der Waals surface area (Å²) in [4.78, 5) is 8.71. The molecular weight excluding hydrogens is 361 g/mol. The Bertz CT molecular complexity index is 682. The third-order valence-corrected chi connectivity index (χ3v) is 4.62. The number of rotatable bonds is 4. The standard InChI is InChI=1S/C14H12BrCl2N3/c1-2-3-4-10(15)11-5-8-12(7-19-11)20-14(17)9(6-18)13(8)16/h5,7,10H,2-4H2,1H3. The number of halogens is 3. The Morgan fingerprint density at radius 2 is 2.20 bits per heavy atom. The van der Waals surface area contributed by atoms with Gasteiger partial charge in [-0.2, -0.15) is 5.26 Å².